The van der Waals surface area contributed by atoms with E-state index in [9.17, 15) is 4.79 Å². The van der Waals surface area contributed by atoms with Crippen molar-refractivity contribution in [3.63, 3.8) is 0 Å². The lowest BCUT2D eigenvalue weighted by molar-refractivity contribution is -0.136. The fraction of sp³-hybridized carbons (Fsp3) is 0.889. The average molecular weight is 189 g/mol. The van der Waals surface area contributed by atoms with E-state index in [4.69, 9.17) is 9.84 Å². The molecule has 0 amide bonds. The highest BCUT2D eigenvalue weighted by molar-refractivity contribution is 5.66. The van der Waals surface area contributed by atoms with E-state index >= 15 is 0 Å². The van der Waals surface area contributed by atoms with E-state index in [-0.39, 0.29) is 6.42 Å². The average Bonchev–Trinajstić information content (AvgIpc) is 2.20. The van der Waals surface area contributed by atoms with E-state index in [1.54, 1.807) is 6.92 Å². The first kappa shape index (κ1) is 12.4. The summed E-state index contributed by atoms with van der Waals surface area (Å²) in [5, 5.41) is 7.72. The van der Waals surface area contributed by atoms with Gasteiger partial charge in [0.1, 0.15) is 0 Å². The molecule has 1 rings (SSSR count). The molecule has 1 heterocycles. The zero-order chi connectivity index (χ0) is 10.1. The van der Waals surface area contributed by atoms with Crippen molar-refractivity contribution in [2.75, 3.05) is 32.8 Å². The highest BCUT2D eigenvalue weighted by Gasteiger charge is 2.05. The lowest BCUT2D eigenvalue weighted by Gasteiger charge is -2.24. The fourth-order valence-electron chi connectivity index (χ4n) is 0.917. The Bertz CT molecular complexity index is 133. The summed E-state index contributed by atoms with van der Waals surface area (Å²) in [6.07, 6.45) is 0.222. The maximum atomic E-state index is 9.37. The molecule has 0 aromatic heterocycles. The maximum Gasteiger partial charge on any atom is 0.303 e. The minimum atomic E-state index is -0.745. The Morgan fingerprint density at radius 2 is 1.85 bits per heavy atom. The number of nitrogens with zero attached hydrogens (tertiary/aromatic N) is 1. The predicted octanol–water partition coefficient (Wildman–Crippen LogP) is 0.820. The number of hydrogen-bond donors (Lipinski definition) is 1. The number of morpholine rings is 1. The second kappa shape index (κ2) is 8.01. The second-order valence-electron chi connectivity index (χ2n) is 2.79. The van der Waals surface area contributed by atoms with E-state index < -0.39 is 5.97 Å². The van der Waals surface area contributed by atoms with E-state index in [1.807, 2.05) is 0 Å². The van der Waals surface area contributed by atoms with Crippen molar-refractivity contribution in [2.24, 2.45) is 0 Å². The van der Waals surface area contributed by atoms with Gasteiger partial charge >= 0.3 is 5.97 Å². The van der Waals surface area contributed by atoms with Crippen LogP contribution in [0.1, 0.15) is 20.3 Å². The number of rotatable bonds is 2. The molecule has 1 aliphatic heterocycles. The van der Waals surface area contributed by atoms with Crippen LogP contribution in [0.2, 0.25) is 0 Å². The lowest BCUT2D eigenvalue weighted by atomic mass is 10.4. The van der Waals surface area contributed by atoms with Gasteiger partial charge in [-0.1, -0.05) is 13.8 Å². The molecule has 0 saturated carbocycles. The standard InChI is InChI=1S/C6H13NO.C3H6O2/c1-2-7-3-5-8-6-4-7;1-2-3(4)5/h2-6H2,1H3;2H2,1H3,(H,4,5). The van der Waals surface area contributed by atoms with Gasteiger partial charge in [0.05, 0.1) is 13.2 Å². The molecule has 0 aromatic rings. The molecule has 78 valence electrons. The summed E-state index contributed by atoms with van der Waals surface area (Å²) < 4.78 is 5.16. The molecule has 0 radical (unpaired) electrons. The van der Waals surface area contributed by atoms with Crippen LogP contribution in [0, 0.1) is 0 Å². The van der Waals surface area contributed by atoms with Gasteiger partial charge in [0.2, 0.25) is 0 Å². The van der Waals surface area contributed by atoms with Crippen molar-refractivity contribution in [1.29, 1.82) is 0 Å². The summed E-state index contributed by atoms with van der Waals surface area (Å²) in [4.78, 5) is 11.8. The molecule has 0 bridgehead atoms. The Labute approximate surface area is 79.5 Å². The summed E-state index contributed by atoms with van der Waals surface area (Å²) in [5.74, 6) is -0.745. The molecule has 4 heteroatoms. The highest BCUT2D eigenvalue weighted by Crippen LogP contribution is 1.93. The molecule has 0 unspecified atom stereocenters. The number of aliphatic carboxylic acids is 1. The Morgan fingerprint density at radius 3 is 2.08 bits per heavy atom. The van der Waals surface area contributed by atoms with Gasteiger partial charge in [-0.2, -0.15) is 0 Å². The second-order valence-corrected chi connectivity index (χ2v) is 2.79. The lowest BCUT2D eigenvalue weighted by Crippen LogP contribution is -2.35. The third-order valence-corrected chi connectivity index (χ3v) is 1.85. The normalized spacial score (nSPS) is 17.4. The number of carboxylic acid groups (broad SMARTS) is 1. The summed E-state index contributed by atoms with van der Waals surface area (Å²) >= 11 is 0. The van der Waals surface area contributed by atoms with Gasteiger partial charge in [-0.3, -0.25) is 9.69 Å². The molecule has 1 N–H and O–H groups in total. The quantitative estimate of drug-likeness (QED) is 0.698. The molecule has 1 saturated heterocycles. The summed E-state index contributed by atoms with van der Waals surface area (Å²) in [6.45, 7) is 9.05. The number of carbonyl (C=O) groups is 1. The minimum absolute atomic E-state index is 0.222. The van der Waals surface area contributed by atoms with Crippen molar-refractivity contribution in [2.45, 2.75) is 20.3 Å². The van der Waals surface area contributed by atoms with Crippen LogP contribution in [0.5, 0.6) is 0 Å². The molecular formula is C9H19NO3. The number of carboxylic acids is 1. The molecule has 0 aliphatic carbocycles. The molecule has 13 heavy (non-hydrogen) atoms. The van der Waals surface area contributed by atoms with Gasteiger partial charge in [-0.15, -0.1) is 0 Å². The largest absolute Gasteiger partial charge is 0.481 e. The predicted molar refractivity (Wildman–Crippen MR) is 50.9 cm³/mol. The van der Waals surface area contributed by atoms with E-state index in [1.165, 1.54) is 6.54 Å². The van der Waals surface area contributed by atoms with Gasteiger partial charge in [0.25, 0.3) is 0 Å². The van der Waals surface area contributed by atoms with Crippen LogP contribution < -0.4 is 0 Å². The number of hydrogen-bond acceptors (Lipinski definition) is 3. The molecule has 1 aliphatic rings. The molecule has 0 aromatic carbocycles. The van der Waals surface area contributed by atoms with E-state index in [0.29, 0.717) is 0 Å². The minimum Gasteiger partial charge on any atom is -0.481 e. The highest BCUT2D eigenvalue weighted by atomic mass is 16.5. The Kier molecular flexibility index (Phi) is 7.63. The first-order valence-corrected chi connectivity index (χ1v) is 4.72. The molecular weight excluding hydrogens is 170 g/mol. The Balaban J connectivity index is 0.000000252. The molecule has 0 atom stereocenters. The van der Waals surface area contributed by atoms with Crippen molar-refractivity contribution < 1.29 is 14.6 Å². The summed E-state index contributed by atoms with van der Waals surface area (Å²) in [7, 11) is 0. The van der Waals surface area contributed by atoms with Crippen LogP contribution >= 0.6 is 0 Å². The summed E-state index contributed by atoms with van der Waals surface area (Å²) in [5.41, 5.74) is 0. The molecule has 1 fully saturated rings. The van der Waals surface area contributed by atoms with Crippen LogP contribution in [0.15, 0.2) is 0 Å². The summed E-state index contributed by atoms with van der Waals surface area (Å²) in [6, 6.07) is 0. The third-order valence-electron chi connectivity index (χ3n) is 1.85. The zero-order valence-corrected chi connectivity index (χ0v) is 8.45. The van der Waals surface area contributed by atoms with Gasteiger partial charge < -0.3 is 9.84 Å². The van der Waals surface area contributed by atoms with Gasteiger partial charge in [0.15, 0.2) is 0 Å². The third kappa shape index (κ3) is 7.74. The SMILES string of the molecule is CCC(=O)O.CCN1CCOCC1. The van der Waals surface area contributed by atoms with Crippen LogP contribution in [0.4, 0.5) is 0 Å². The monoisotopic (exact) mass is 189 g/mol. The van der Waals surface area contributed by atoms with Crippen molar-refractivity contribution >= 4 is 5.97 Å². The van der Waals surface area contributed by atoms with Crippen LogP contribution in [0.25, 0.3) is 0 Å². The molecule has 0 spiro atoms. The topological polar surface area (TPSA) is 49.8 Å². The smallest absolute Gasteiger partial charge is 0.303 e. The first-order valence-electron chi connectivity index (χ1n) is 4.72. The fourth-order valence-corrected chi connectivity index (χ4v) is 0.917. The van der Waals surface area contributed by atoms with Crippen molar-refractivity contribution in [3.05, 3.63) is 0 Å². The molecule has 4 nitrogen and oxygen atoms in total. The zero-order valence-electron chi connectivity index (χ0n) is 8.45. The first-order chi connectivity index (χ1) is 6.20. The van der Waals surface area contributed by atoms with Crippen molar-refractivity contribution in [1.82, 2.24) is 4.90 Å². The Hall–Kier alpha value is -0.610. The van der Waals surface area contributed by atoms with Crippen LogP contribution in [-0.4, -0.2) is 48.8 Å². The Morgan fingerprint density at radius 1 is 1.38 bits per heavy atom. The van der Waals surface area contributed by atoms with Gasteiger partial charge in [0, 0.05) is 19.5 Å². The van der Waals surface area contributed by atoms with Crippen LogP contribution in [-0.2, 0) is 9.53 Å². The van der Waals surface area contributed by atoms with E-state index in [2.05, 4.69) is 11.8 Å². The van der Waals surface area contributed by atoms with Crippen LogP contribution in [0.3, 0.4) is 0 Å². The van der Waals surface area contributed by atoms with E-state index in [0.717, 1.165) is 26.3 Å². The maximum absolute atomic E-state index is 9.37. The van der Waals surface area contributed by atoms with Crippen molar-refractivity contribution in [3.8, 4) is 0 Å². The number of likely N-dealkylation sites (N-methyl/N-ethyl adjacent to an activating group) is 1. The van der Waals surface area contributed by atoms with Gasteiger partial charge in [-0.25, -0.2) is 0 Å². The van der Waals surface area contributed by atoms with Gasteiger partial charge in [-0.05, 0) is 6.54 Å². The number of ether oxygens (including phenoxy) is 1.